The maximum Gasteiger partial charge on any atom is 0.259 e. The van der Waals surface area contributed by atoms with Crippen molar-refractivity contribution >= 4 is 28.9 Å². The number of thiophene rings is 1. The number of Topliss-reactive ketones (excluding diaryl/α,β-unsaturated/α-hetero) is 1. The van der Waals surface area contributed by atoms with Crippen molar-refractivity contribution in [3.05, 3.63) is 62.4 Å². The molecule has 0 bridgehead atoms. The minimum absolute atomic E-state index is 0.0762. The molecule has 1 aliphatic rings. The standard InChI is InChI=1S/C23H27N5O4S/c1-14-21(16(3)32-25-14)23(31)27-8-6-26(7-9-27)13-20(29)19-11-18(22(24)30)15(2)28(19)12-17-5-4-10-33-17/h4-5,10-11H,6-9,12-13H2,1-3H3,(H2,24,30). The first-order valence-corrected chi connectivity index (χ1v) is 11.6. The lowest BCUT2D eigenvalue weighted by molar-refractivity contribution is 0.0621. The fourth-order valence-corrected chi connectivity index (χ4v) is 4.92. The van der Waals surface area contributed by atoms with Gasteiger partial charge in [-0.15, -0.1) is 11.3 Å². The molecule has 2 amide bonds. The predicted octanol–water partition coefficient (Wildman–Crippen LogP) is 2.25. The third-order valence-corrected chi connectivity index (χ3v) is 6.95. The van der Waals surface area contributed by atoms with Gasteiger partial charge in [-0.1, -0.05) is 11.2 Å². The minimum atomic E-state index is -0.544. The van der Waals surface area contributed by atoms with E-state index < -0.39 is 5.91 Å². The molecule has 1 saturated heterocycles. The Morgan fingerprint density at radius 1 is 1.15 bits per heavy atom. The van der Waals surface area contributed by atoms with E-state index >= 15 is 0 Å². The number of carbonyl (C=O) groups excluding carboxylic acids is 3. The van der Waals surface area contributed by atoms with E-state index in [1.165, 1.54) is 0 Å². The lowest BCUT2D eigenvalue weighted by Crippen LogP contribution is -2.50. The maximum absolute atomic E-state index is 13.2. The summed E-state index contributed by atoms with van der Waals surface area (Å²) in [6, 6.07) is 5.56. The average Bonchev–Trinajstić information content (AvgIpc) is 3.49. The molecule has 0 radical (unpaired) electrons. The highest BCUT2D eigenvalue weighted by atomic mass is 32.1. The molecule has 0 spiro atoms. The number of aryl methyl sites for hydroxylation is 2. The molecular weight excluding hydrogens is 442 g/mol. The first kappa shape index (κ1) is 22.9. The molecule has 0 saturated carbocycles. The van der Waals surface area contributed by atoms with E-state index in [-0.39, 0.29) is 18.2 Å². The number of piperazine rings is 1. The molecule has 10 heteroatoms. The van der Waals surface area contributed by atoms with Crippen LogP contribution in [-0.4, -0.2) is 69.8 Å². The SMILES string of the molecule is Cc1noc(C)c1C(=O)N1CCN(CC(=O)c2cc(C(N)=O)c(C)n2Cc2cccs2)CC1. The molecule has 0 aliphatic carbocycles. The number of aromatic nitrogens is 2. The van der Waals surface area contributed by atoms with Gasteiger partial charge in [0, 0.05) is 36.8 Å². The topological polar surface area (TPSA) is 115 Å². The number of amides is 2. The Hall–Kier alpha value is -3.24. The molecule has 4 rings (SSSR count). The van der Waals surface area contributed by atoms with Crippen molar-refractivity contribution in [2.75, 3.05) is 32.7 Å². The van der Waals surface area contributed by atoms with Gasteiger partial charge in [0.05, 0.1) is 30.0 Å². The van der Waals surface area contributed by atoms with Gasteiger partial charge in [-0.2, -0.15) is 0 Å². The number of primary amides is 1. The number of nitrogens with two attached hydrogens (primary N) is 1. The number of hydrogen-bond donors (Lipinski definition) is 1. The Bertz CT molecular complexity index is 1170. The Labute approximate surface area is 195 Å². The molecule has 174 valence electrons. The van der Waals surface area contributed by atoms with Crippen molar-refractivity contribution in [3.63, 3.8) is 0 Å². The van der Waals surface area contributed by atoms with E-state index in [4.69, 9.17) is 10.3 Å². The van der Waals surface area contributed by atoms with E-state index in [1.54, 1.807) is 36.2 Å². The van der Waals surface area contributed by atoms with Gasteiger partial charge in [0.2, 0.25) is 0 Å². The smallest absolute Gasteiger partial charge is 0.259 e. The Balaban J connectivity index is 1.44. The van der Waals surface area contributed by atoms with Crippen LogP contribution in [0.2, 0.25) is 0 Å². The molecule has 3 aromatic heterocycles. The van der Waals surface area contributed by atoms with Gasteiger partial charge < -0.3 is 19.7 Å². The zero-order valence-corrected chi connectivity index (χ0v) is 19.8. The second-order valence-corrected chi connectivity index (χ2v) is 9.28. The zero-order valence-electron chi connectivity index (χ0n) is 19.0. The van der Waals surface area contributed by atoms with Gasteiger partial charge >= 0.3 is 0 Å². The summed E-state index contributed by atoms with van der Waals surface area (Å²) >= 11 is 1.60. The maximum atomic E-state index is 13.2. The first-order chi connectivity index (χ1) is 15.8. The van der Waals surface area contributed by atoms with Crippen LogP contribution in [-0.2, 0) is 6.54 Å². The second kappa shape index (κ2) is 9.32. The van der Waals surface area contributed by atoms with Crippen molar-refractivity contribution < 1.29 is 18.9 Å². The van der Waals surface area contributed by atoms with Crippen LogP contribution in [0.1, 0.15) is 53.2 Å². The molecule has 4 heterocycles. The summed E-state index contributed by atoms with van der Waals surface area (Å²) in [6.45, 7) is 8.20. The fraction of sp³-hybridized carbons (Fsp3) is 0.391. The van der Waals surface area contributed by atoms with Crippen LogP contribution >= 0.6 is 11.3 Å². The summed E-state index contributed by atoms with van der Waals surface area (Å²) in [5.41, 5.74) is 8.17. The Kier molecular flexibility index (Phi) is 6.48. The number of carbonyl (C=O) groups is 3. The molecule has 0 unspecified atom stereocenters. The normalized spacial score (nSPS) is 14.6. The predicted molar refractivity (Wildman–Crippen MR) is 124 cm³/mol. The third-order valence-electron chi connectivity index (χ3n) is 6.09. The van der Waals surface area contributed by atoms with Crippen LogP contribution in [0.4, 0.5) is 0 Å². The number of rotatable bonds is 7. The molecule has 2 N–H and O–H groups in total. The molecule has 1 fully saturated rings. The van der Waals surface area contributed by atoms with Gasteiger partial charge in [0.25, 0.3) is 11.8 Å². The van der Waals surface area contributed by atoms with E-state index in [0.717, 1.165) is 4.88 Å². The molecule has 0 atom stereocenters. The van der Waals surface area contributed by atoms with Crippen molar-refractivity contribution in [2.24, 2.45) is 5.73 Å². The van der Waals surface area contributed by atoms with Gasteiger partial charge in [-0.3, -0.25) is 19.3 Å². The van der Waals surface area contributed by atoms with Gasteiger partial charge in [-0.25, -0.2) is 0 Å². The molecule has 3 aromatic rings. The summed E-state index contributed by atoms with van der Waals surface area (Å²) in [5.74, 6) is -0.198. The summed E-state index contributed by atoms with van der Waals surface area (Å²) in [7, 11) is 0. The largest absolute Gasteiger partial charge is 0.366 e. The molecule has 9 nitrogen and oxygen atoms in total. The van der Waals surface area contributed by atoms with Crippen molar-refractivity contribution in [2.45, 2.75) is 27.3 Å². The molecular formula is C23H27N5O4S. The Morgan fingerprint density at radius 2 is 1.88 bits per heavy atom. The second-order valence-electron chi connectivity index (χ2n) is 8.25. The molecule has 0 aromatic carbocycles. The van der Waals surface area contributed by atoms with E-state index in [0.29, 0.717) is 66.7 Å². The number of ketones is 1. The van der Waals surface area contributed by atoms with Crippen molar-refractivity contribution in [1.82, 2.24) is 19.5 Å². The van der Waals surface area contributed by atoms with E-state index in [1.807, 2.05) is 33.9 Å². The monoisotopic (exact) mass is 469 g/mol. The van der Waals surface area contributed by atoms with Crippen LogP contribution in [0.5, 0.6) is 0 Å². The Morgan fingerprint density at radius 3 is 2.45 bits per heavy atom. The lowest BCUT2D eigenvalue weighted by atomic mass is 10.1. The van der Waals surface area contributed by atoms with Crippen molar-refractivity contribution in [3.8, 4) is 0 Å². The molecule has 33 heavy (non-hydrogen) atoms. The minimum Gasteiger partial charge on any atom is -0.366 e. The van der Waals surface area contributed by atoms with Crippen LogP contribution in [0, 0.1) is 20.8 Å². The summed E-state index contributed by atoms with van der Waals surface area (Å²) in [4.78, 5) is 42.8. The lowest BCUT2D eigenvalue weighted by Gasteiger charge is -2.34. The van der Waals surface area contributed by atoms with Crippen LogP contribution < -0.4 is 5.73 Å². The zero-order chi connectivity index (χ0) is 23.7. The van der Waals surface area contributed by atoms with Crippen LogP contribution in [0.3, 0.4) is 0 Å². The van der Waals surface area contributed by atoms with E-state index in [9.17, 15) is 14.4 Å². The third kappa shape index (κ3) is 4.62. The average molecular weight is 470 g/mol. The summed E-state index contributed by atoms with van der Waals surface area (Å²) in [5, 5.41) is 5.84. The van der Waals surface area contributed by atoms with Crippen LogP contribution in [0.15, 0.2) is 28.1 Å². The number of nitrogens with zero attached hydrogens (tertiary/aromatic N) is 4. The first-order valence-electron chi connectivity index (χ1n) is 10.8. The highest BCUT2D eigenvalue weighted by molar-refractivity contribution is 7.09. The van der Waals surface area contributed by atoms with Crippen molar-refractivity contribution in [1.29, 1.82) is 0 Å². The quantitative estimate of drug-likeness (QED) is 0.531. The fourth-order valence-electron chi connectivity index (χ4n) is 4.23. The van der Waals surface area contributed by atoms with E-state index in [2.05, 4.69) is 5.16 Å². The van der Waals surface area contributed by atoms with Crippen LogP contribution in [0.25, 0.3) is 0 Å². The highest BCUT2D eigenvalue weighted by Crippen LogP contribution is 2.21. The summed E-state index contributed by atoms with van der Waals surface area (Å²) < 4.78 is 6.99. The molecule has 1 aliphatic heterocycles. The van der Waals surface area contributed by atoms with Gasteiger partial charge in [-0.05, 0) is 38.3 Å². The summed E-state index contributed by atoms with van der Waals surface area (Å²) in [6.07, 6.45) is 0. The highest BCUT2D eigenvalue weighted by Gasteiger charge is 2.28. The number of hydrogen-bond acceptors (Lipinski definition) is 7. The van der Waals surface area contributed by atoms with Gasteiger partial charge in [0.1, 0.15) is 11.3 Å². The van der Waals surface area contributed by atoms with Gasteiger partial charge in [0.15, 0.2) is 5.78 Å².